The number of hydrogen-bond acceptors (Lipinski definition) is 5. The van der Waals surface area contributed by atoms with Gasteiger partial charge in [-0.1, -0.05) is 61.2 Å². The van der Waals surface area contributed by atoms with Crippen LogP contribution >= 0.6 is 15.9 Å². The van der Waals surface area contributed by atoms with Gasteiger partial charge in [-0.15, -0.1) is 13.2 Å². The van der Waals surface area contributed by atoms with Crippen LogP contribution in [0.15, 0.2) is 25.3 Å². The molecular formula is C29H44BrN3O5. The first-order valence-electron chi connectivity index (χ1n) is 14.1. The number of likely N-dealkylation sites (tertiary alicyclic amines) is 1. The van der Waals surface area contributed by atoms with E-state index in [4.69, 9.17) is 4.74 Å². The fourth-order valence-corrected chi connectivity index (χ4v) is 8.43. The molecule has 9 heteroatoms. The number of hydrogen-bond donors (Lipinski definition) is 1. The molecule has 8 nitrogen and oxygen atoms in total. The monoisotopic (exact) mass is 593 g/mol. The highest BCUT2D eigenvalue weighted by Gasteiger charge is 2.77. The highest BCUT2D eigenvalue weighted by atomic mass is 79.9. The summed E-state index contributed by atoms with van der Waals surface area (Å²) in [6.07, 6.45) is 9.04. The SMILES string of the molecule is C=CCN(C)C(=O)[C@H]1[C@@H]2OC3(CC2Br)C(C(=O)N(CC=C)C2CCCCC2)N([C@@H](CO)CC(C)C)C(=O)[C@H]13. The zero-order chi connectivity index (χ0) is 27.8. The number of halogens is 1. The number of carbonyl (C=O) groups is 3. The average Bonchev–Trinajstić information content (AvgIpc) is 3.49. The standard InChI is InChI=1S/C29H44BrN3O5/c1-6-13-31(5)26(35)22-23-27(36)33(20(17-34)15-18(3)4)25(29(23)16-21(30)24(22)38-29)28(37)32(14-7-2)19-11-9-8-10-12-19/h6-7,18-25,34H,1-2,8-17H2,3-5H3/t20-,21?,22-,23+,24-,25?,29?/m1/s1. The van der Waals surface area contributed by atoms with E-state index in [0.717, 1.165) is 32.1 Å². The quantitative estimate of drug-likeness (QED) is 0.293. The lowest BCUT2D eigenvalue weighted by molar-refractivity contribution is -0.153. The Morgan fingerprint density at radius 2 is 1.84 bits per heavy atom. The number of aliphatic hydroxyl groups excluding tert-OH is 1. The van der Waals surface area contributed by atoms with Crippen LogP contribution in [0, 0.1) is 17.8 Å². The molecule has 38 heavy (non-hydrogen) atoms. The first kappa shape index (κ1) is 29.3. The number of likely N-dealkylation sites (N-methyl/N-ethyl adjacent to an activating group) is 1. The molecule has 4 rings (SSSR count). The number of fused-ring (bicyclic) bond motifs is 1. The second kappa shape index (κ2) is 11.8. The summed E-state index contributed by atoms with van der Waals surface area (Å²) in [5.41, 5.74) is -1.12. The molecule has 2 bridgehead atoms. The molecule has 3 heterocycles. The van der Waals surface area contributed by atoms with Crippen molar-refractivity contribution in [1.82, 2.24) is 14.7 Å². The van der Waals surface area contributed by atoms with Gasteiger partial charge < -0.3 is 24.5 Å². The fourth-order valence-electron chi connectivity index (χ4n) is 7.49. The van der Waals surface area contributed by atoms with Crippen LogP contribution in [0.4, 0.5) is 0 Å². The molecule has 1 spiro atoms. The Kier molecular flexibility index (Phi) is 9.09. The highest BCUT2D eigenvalue weighted by Crippen LogP contribution is 2.61. The van der Waals surface area contributed by atoms with Gasteiger partial charge in [0.25, 0.3) is 0 Å². The first-order chi connectivity index (χ1) is 18.1. The van der Waals surface area contributed by atoms with E-state index in [1.54, 1.807) is 29.0 Å². The highest BCUT2D eigenvalue weighted by molar-refractivity contribution is 9.09. The minimum atomic E-state index is -1.12. The Labute approximate surface area is 235 Å². The van der Waals surface area contributed by atoms with E-state index in [1.165, 1.54) is 0 Å². The van der Waals surface area contributed by atoms with Crippen LogP contribution in [0.25, 0.3) is 0 Å². The summed E-state index contributed by atoms with van der Waals surface area (Å²) in [5.74, 6) is -1.85. The second-order valence-electron chi connectivity index (χ2n) is 12.0. The summed E-state index contributed by atoms with van der Waals surface area (Å²) in [6.45, 7) is 12.2. The Morgan fingerprint density at radius 1 is 1.18 bits per heavy atom. The number of alkyl halides is 1. The van der Waals surface area contributed by atoms with E-state index in [2.05, 4.69) is 29.1 Å². The molecule has 3 unspecified atom stereocenters. The van der Waals surface area contributed by atoms with E-state index >= 15 is 0 Å². The van der Waals surface area contributed by atoms with Crippen molar-refractivity contribution in [2.24, 2.45) is 17.8 Å². The Hall–Kier alpha value is -1.71. The summed E-state index contributed by atoms with van der Waals surface area (Å²) >= 11 is 3.74. The lowest BCUT2D eigenvalue weighted by atomic mass is 9.70. The molecule has 7 atom stereocenters. The Balaban J connectivity index is 1.80. The molecule has 3 saturated heterocycles. The summed E-state index contributed by atoms with van der Waals surface area (Å²) in [5, 5.41) is 10.5. The zero-order valence-electron chi connectivity index (χ0n) is 23.1. The largest absolute Gasteiger partial charge is 0.394 e. The summed E-state index contributed by atoms with van der Waals surface area (Å²) in [6, 6.07) is -1.36. The number of amides is 3. The van der Waals surface area contributed by atoms with Gasteiger partial charge in [0.1, 0.15) is 11.6 Å². The molecular weight excluding hydrogens is 550 g/mol. The maximum absolute atomic E-state index is 14.6. The second-order valence-corrected chi connectivity index (χ2v) is 13.1. The van der Waals surface area contributed by atoms with Crippen LogP contribution in [0.3, 0.4) is 0 Å². The zero-order valence-corrected chi connectivity index (χ0v) is 24.6. The van der Waals surface area contributed by atoms with Gasteiger partial charge in [0.05, 0.1) is 30.6 Å². The third-order valence-electron chi connectivity index (χ3n) is 9.00. The van der Waals surface area contributed by atoms with Gasteiger partial charge >= 0.3 is 0 Å². The maximum atomic E-state index is 14.6. The van der Waals surface area contributed by atoms with E-state index in [-0.39, 0.29) is 41.1 Å². The van der Waals surface area contributed by atoms with E-state index < -0.39 is 35.6 Å². The van der Waals surface area contributed by atoms with E-state index in [1.807, 2.05) is 18.7 Å². The van der Waals surface area contributed by atoms with Gasteiger partial charge in [-0.05, 0) is 31.6 Å². The van der Waals surface area contributed by atoms with Crippen molar-refractivity contribution in [2.45, 2.75) is 93.5 Å². The molecule has 212 valence electrons. The predicted molar refractivity (Wildman–Crippen MR) is 149 cm³/mol. The van der Waals surface area contributed by atoms with Crippen LogP contribution < -0.4 is 0 Å². The van der Waals surface area contributed by atoms with Crippen molar-refractivity contribution in [3.63, 3.8) is 0 Å². The van der Waals surface area contributed by atoms with E-state index in [0.29, 0.717) is 25.9 Å². The number of ether oxygens (including phenoxy) is 1. The van der Waals surface area contributed by atoms with Crippen LogP contribution in [-0.2, 0) is 19.1 Å². The van der Waals surface area contributed by atoms with Gasteiger partial charge in [-0.3, -0.25) is 14.4 Å². The van der Waals surface area contributed by atoms with Gasteiger partial charge in [0.15, 0.2) is 0 Å². The molecule has 1 N–H and O–H groups in total. The molecule has 4 fully saturated rings. The molecule has 3 aliphatic heterocycles. The lowest BCUT2D eigenvalue weighted by Crippen LogP contribution is -2.60. The molecule has 4 aliphatic rings. The number of aliphatic hydroxyl groups is 1. The van der Waals surface area contributed by atoms with Gasteiger partial charge in [0.2, 0.25) is 17.7 Å². The minimum absolute atomic E-state index is 0.0776. The molecule has 1 aliphatic carbocycles. The first-order valence-corrected chi connectivity index (χ1v) is 15.1. The fraction of sp³-hybridized carbons (Fsp3) is 0.759. The number of rotatable bonds is 11. The lowest BCUT2D eigenvalue weighted by Gasteiger charge is -2.42. The van der Waals surface area contributed by atoms with Crippen molar-refractivity contribution < 1.29 is 24.2 Å². The van der Waals surface area contributed by atoms with Crippen molar-refractivity contribution in [1.29, 1.82) is 0 Å². The third kappa shape index (κ3) is 4.87. The van der Waals surface area contributed by atoms with Crippen molar-refractivity contribution in [3.05, 3.63) is 25.3 Å². The van der Waals surface area contributed by atoms with Crippen LogP contribution in [0.2, 0.25) is 0 Å². The normalized spacial score (nSPS) is 33.4. The van der Waals surface area contributed by atoms with Crippen molar-refractivity contribution in [2.75, 3.05) is 26.7 Å². The van der Waals surface area contributed by atoms with Gasteiger partial charge in [-0.2, -0.15) is 0 Å². The Morgan fingerprint density at radius 3 is 2.42 bits per heavy atom. The molecule has 1 saturated carbocycles. The Bertz CT molecular complexity index is 937. The number of nitrogens with zero attached hydrogens (tertiary/aromatic N) is 3. The van der Waals surface area contributed by atoms with E-state index in [9.17, 15) is 19.5 Å². The average molecular weight is 595 g/mol. The molecule has 0 aromatic heterocycles. The van der Waals surface area contributed by atoms with Crippen molar-refractivity contribution >= 4 is 33.7 Å². The van der Waals surface area contributed by atoms with Gasteiger partial charge in [-0.25, -0.2) is 0 Å². The molecule has 0 aromatic carbocycles. The van der Waals surface area contributed by atoms with Crippen LogP contribution in [0.5, 0.6) is 0 Å². The predicted octanol–water partition coefficient (Wildman–Crippen LogP) is 3.13. The molecule has 3 amide bonds. The minimum Gasteiger partial charge on any atom is -0.394 e. The summed E-state index contributed by atoms with van der Waals surface area (Å²) in [7, 11) is 1.70. The number of carbonyl (C=O) groups excluding carboxylic acids is 3. The maximum Gasteiger partial charge on any atom is 0.248 e. The smallest absolute Gasteiger partial charge is 0.248 e. The summed E-state index contributed by atoms with van der Waals surface area (Å²) in [4.78, 5) is 47.6. The van der Waals surface area contributed by atoms with Crippen LogP contribution in [0.1, 0.15) is 58.8 Å². The molecule has 0 aromatic rings. The van der Waals surface area contributed by atoms with Crippen LogP contribution in [-0.4, -0.2) is 98.9 Å². The molecule has 0 radical (unpaired) electrons. The topological polar surface area (TPSA) is 90.4 Å². The summed E-state index contributed by atoms with van der Waals surface area (Å²) < 4.78 is 6.67. The third-order valence-corrected chi connectivity index (χ3v) is 9.84. The van der Waals surface area contributed by atoms with Crippen molar-refractivity contribution in [3.8, 4) is 0 Å². The van der Waals surface area contributed by atoms with Gasteiger partial charge in [0, 0.05) is 31.0 Å².